The summed E-state index contributed by atoms with van der Waals surface area (Å²) < 4.78 is 6.41. The normalized spacial score (nSPS) is 11.4. The molecule has 0 aliphatic carbocycles. The highest BCUT2D eigenvalue weighted by atomic mass is 16.3. The molecule has 9 aromatic rings. The van der Waals surface area contributed by atoms with E-state index in [0.717, 1.165) is 66.3 Å². The summed E-state index contributed by atoms with van der Waals surface area (Å²) in [5.74, 6) is 1.82. The van der Waals surface area contributed by atoms with Crippen LogP contribution in [0.25, 0.3) is 89.1 Å². The molecule has 9 rings (SSSR count). The van der Waals surface area contributed by atoms with E-state index in [1.165, 1.54) is 5.39 Å². The maximum absolute atomic E-state index is 6.41. The quantitative estimate of drug-likeness (QED) is 0.197. The Kier molecular flexibility index (Phi) is 6.43. The molecule has 0 saturated carbocycles. The van der Waals surface area contributed by atoms with Crippen molar-refractivity contribution in [1.82, 2.24) is 15.0 Å². The Morgan fingerprint density at radius 3 is 1.38 bits per heavy atom. The third-order valence-corrected chi connectivity index (χ3v) is 8.67. The van der Waals surface area contributed by atoms with Crippen molar-refractivity contribution in [3.05, 3.63) is 164 Å². The van der Waals surface area contributed by atoms with Gasteiger partial charge in [0, 0.05) is 27.5 Å². The van der Waals surface area contributed by atoms with Gasteiger partial charge < -0.3 is 4.42 Å². The van der Waals surface area contributed by atoms with Crippen molar-refractivity contribution in [2.45, 2.75) is 0 Å². The Morgan fingerprint density at radius 1 is 0.298 bits per heavy atom. The van der Waals surface area contributed by atoms with Gasteiger partial charge in [0.2, 0.25) is 0 Å². The summed E-state index contributed by atoms with van der Waals surface area (Å²) in [4.78, 5) is 15.2. The van der Waals surface area contributed by atoms with Gasteiger partial charge in [0.1, 0.15) is 11.2 Å². The highest BCUT2D eigenvalue weighted by Gasteiger charge is 2.16. The van der Waals surface area contributed by atoms with Gasteiger partial charge in [0.15, 0.2) is 17.5 Å². The highest BCUT2D eigenvalue weighted by Crippen LogP contribution is 2.36. The van der Waals surface area contributed by atoms with Crippen LogP contribution in [0.5, 0.6) is 0 Å². The zero-order valence-electron chi connectivity index (χ0n) is 25.3. The molecule has 0 spiro atoms. The zero-order chi connectivity index (χ0) is 31.2. The number of furan rings is 1. The van der Waals surface area contributed by atoms with Crippen LogP contribution in [0.3, 0.4) is 0 Å². The van der Waals surface area contributed by atoms with E-state index in [1.807, 2.05) is 48.5 Å². The molecule has 4 nitrogen and oxygen atoms in total. The van der Waals surface area contributed by atoms with Crippen molar-refractivity contribution < 1.29 is 4.42 Å². The Morgan fingerprint density at radius 2 is 0.766 bits per heavy atom. The molecule has 47 heavy (non-hydrogen) atoms. The number of nitrogens with zero attached hydrogens (tertiary/aromatic N) is 3. The molecule has 0 unspecified atom stereocenters. The number of benzene rings is 7. The van der Waals surface area contributed by atoms with Crippen molar-refractivity contribution in [2.24, 2.45) is 0 Å². The fourth-order valence-electron chi connectivity index (χ4n) is 6.30. The Balaban J connectivity index is 1.24. The smallest absolute Gasteiger partial charge is 0.164 e. The summed E-state index contributed by atoms with van der Waals surface area (Å²) in [6.45, 7) is 0. The van der Waals surface area contributed by atoms with Crippen LogP contribution in [0.2, 0.25) is 0 Å². The second-order valence-corrected chi connectivity index (χ2v) is 11.7. The lowest BCUT2D eigenvalue weighted by atomic mass is 9.96. The van der Waals surface area contributed by atoms with Crippen molar-refractivity contribution in [3.8, 4) is 56.4 Å². The summed E-state index contributed by atoms with van der Waals surface area (Å²) in [6.07, 6.45) is 0. The largest absolute Gasteiger partial charge is 0.456 e. The van der Waals surface area contributed by atoms with E-state index in [2.05, 4.69) is 115 Å². The van der Waals surface area contributed by atoms with Gasteiger partial charge in [-0.15, -0.1) is 0 Å². The molecule has 0 aliphatic heterocycles. The van der Waals surface area contributed by atoms with Gasteiger partial charge in [0.25, 0.3) is 0 Å². The molecule has 0 radical (unpaired) electrons. The van der Waals surface area contributed by atoms with Crippen LogP contribution in [0.15, 0.2) is 168 Å². The van der Waals surface area contributed by atoms with Crippen LogP contribution in [0, 0.1) is 0 Å². The third-order valence-electron chi connectivity index (χ3n) is 8.67. The highest BCUT2D eigenvalue weighted by molar-refractivity contribution is 6.10. The first-order valence-corrected chi connectivity index (χ1v) is 15.7. The minimum absolute atomic E-state index is 0.591. The van der Waals surface area contributed by atoms with Gasteiger partial charge >= 0.3 is 0 Å². The number of hydrogen-bond donors (Lipinski definition) is 0. The monoisotopic (exact) mass is 601 g/mol. The predicted octanol–water partition coefficient (Wildman–Crippen LogP) is 11.3. The molecule has 0 amide bonds. The Labute approximate surface area is 271 Å². The average molecular weight is 602 g/mol. The fourth-order valence-corrected chi connectivity index (χ4v) is 6.30. The average Bonchev–Trinajstić information content (AvgIpc) is 3.51. The molecule has 2 heterocycles. The van der Waals surface area contributed by atoms with Gasteiger partial charge in [-0.1, -0.05) is 121 Å². The predicted molar refractivity (Wildman–Crippen MR) is 192 cm³/mol. The van der Waals surface area contributed by atoms with Crippen molar-refractivity contribution >= 4 is 32.7 Å². The van der Waals surface area contributed by atoms with Crippen LogP contribution in [0.4, 0.5) is 0 Å². The summed E-state index contributed by atoms with van der Waals surface area (Å²) in [6, 6.07) is 56.4. The molecule has 0 bridgehead atoms. The third kappa shape index (κ3) is 5.02. The number of fused-ring (bicyclic) bond motifs is 4. The van der Waals surface area contributed by atoms with Gasteiger partial charge in [0.05, 0.1) is 0 Å². The molecule has 4 heteroatoms. The molecule has 0 fully saturated rings. The van der Waals surface area contributed by atoms with E-state index in [4.69, 9.17) is 19.4 Å². The maximum Gasteiger partial charge on any atom is 0.164 e. The van der Waals surface area contributed by atoms with E-state index in [9.17, 15) is 0 Å². The maximum atomic E-state index is 6.41. The fraction of sp³-hybridized carbons (Fsp3) is 0. The van der Waals surface area contributed by atoms with E-state index < -0.39 is 0 Å². The minimum Gasteiger partial charge on any atom is -0.456 e. The summed E-state index contributed by atoms with van der Waals surface area (Å²) >= 11 is 0. The number of hydrogen-bond acceptors (Lipinski definition) is 4. The van der Waals surface area contributed by atoms with Crippen LogP contribution in [-0.2, 0) is 0 Å². The van der Waals surface area contributed by atoms with E-state index in [1.54, 1.807) is 0 Å². The lowest BCUT2D eigenvalue weighted by molar-refractivity contribution is 0.669. The summed E-state index contributed by atoms with van der Waals surface area (Å²) in [5, 5.41) is 4.50. The molecule has 0 N–H and O–H groups in total. The number of rotatable bonds is 5. The van der Waals surface area contributed by atoms with Gasteiger partial charge in [-0.2, -0.15) is 0 Å². The first-order chi connectivity index (χ1) is 23.2. The summed E-state index contributed by atoms with van der Waals surface area (Å²) in [5.41, 5.74) is 8.84. The van der Waals surface area contributed by atoms with E-state index in [0.29, 0.717) is 17.5 Å². The van der Waals surface area contributed by atoms with Gasteiger partial charge in [-0.3, -0.25) is 0 Å². The van der Waals surface area contributed by atoms with Crippen LogP contribution in [-0.4, -0.2) is 15.0 Å². The van der Waals surface area contributed by atoms with Crippen molar-refractivity contribution in [2.75, 3.05) is 0 Å². The SMILES string of the molecule is c1ccc(-c2cc(-c3ccccc3)cc(-c3nc(-c4ccccc4)nc(-c4ccc5c(c4)oc4cc6ccccc6cc45)n3)c2)cc1. The van der Waals surface area contributed by atoms with Gasteiger partial charge in [-0.05, 0) is 75.5 Å². The number of aromatic nitrogens is 3. The first kappa shape index (κ1) is 27.0. The Hall–Kier alpha value is -6.39. The van der Waals surface area contributed by atoms with E-state index in [-0.39, 0.29) is 0 Å². The molecule has 2 aromatic heterocycles. The summed E-state index contributed by atoms with van der Waals surface area (Å²) in [7, 11) is 0. The lowest BCUT2D eigenvalue weighted by Gasteiger charge is -2.12. The molecule has 0 saturated heterocycles. The molecule has 0 aliphatic rings. The van der Waals surface area contributed by atoms with Crippen LogP contribution >= 0.6 is 0 Å². The minimum atomic E-state index is 0.591. The lowest BCUT2D eigenvalue weighted by Crippen LogP contribution is -2.00. The van der Waals surface area contributed by atoms with Crippen LogP contribution < -0.4 is 0 Å². The van der Waals surface area contributed by atoms with Crippen molar-refractivity contribution in [3.63, 3.8) is 0 Å². The van der Waals surface area contributed by atoms with Gasteiger partial charge in [-0.25, -0.2) is 15.0 Å². The molecular weight excluding hydrogens is 574 g/mol. The molecule has 0 atom stereocenters. The van der Waals surface area contributed by atoms with Crippen LogP contribution in [0.1, 0.15) is 0 Å². The topological polar surface area (TPSA) is 51.8 Å². The molecule has 7 aromatic carbocycles. The second-order valence-electron chi connectivity index (χ2n) is 11.7. The standard InChI is InChI=1S/C43H27N3O/c1-4-12-28(13-5-1)34-22-35(29-14-6-2-7-15-29)24-36(23-34)43-45-41(30-16-8-3-9-17-30)44-42(46-43)33-20-21-37-38-25-31-18-10-11-19-32(31)26-40(38)47-39(37)27-33/h1-27H. The van der Waals surface area contributed by atoms with Crippen molar-refractivity contribution in [1.29, 1.82) is 0 Å². The molecular formula is C43H27N3O. The van der Waals surface area contributed by atoms with E-state index >= 15 is 0 Å². The first-order valence-electron chi connectivity index (χ1n) is 15.7. The Bertz CT molecular complexity index is 2500. The second kappa shape index (κ2) is 11.2. The molecule has 220 valence electrons. The zero-order valence-corrected chi connectivity index (χ0v) is 25.3.